The molecule has 6 heteroatoms. The maximum absolute atomic E-state index is 12.6. The van der Waals surface area contributed by atoms with Crippen molar-refractivity contribution in [1.29, 1.82) is 0 Å². The number of unbranched alkanes of at least 4 members (excludes halogenated alkanes) is 49. The fourth-order valence-corrected chi connectivity index (χ4v) is 10.7. The second-order valence-electron chi connectivity index (χ2n) is 23.2. The Hall–Kier alpha value is -1.21. The van der Waals surface area contributed by atoms with Gasteiger partial charge in [-0.15, -0.1) is 0 Å². The quantitative estimate of drug-likeness (QED) is 0.0308. The second kappa shape index (κ2) is 61.6. The molecule has 0 aliphatic rings. The lowest BCUT2D eigenvalue weighted by Gasteiger charge is -2.27. The van der Waals surface area contributed by atoms with Crippen molar-refractivity contribution >= 4 is 5.91 Å². The van der Waals surface area contributed by atoms with Gasteiger partial charge in [0.2, 0.25) is 5.91 Å². The number of aliphatic hydroxyl groups excluding tert-OH is 4. The lowest BCUT2D eigenvalue weighted by molar-refractivity contribution is -0.132. The van der Waals surface area contributed by atoms with E-state index in [1.807, 2.05) is 0 Å². The number of nitrogens with one attached hydrogen (secondary N) is 1. The predicted octanol–water partition coefficient (Wildman–Crippen LogP) is 20.2. The van der Waals surface area contributed by atoms with Crippen LogP contribution in [0.2, 0.25) is 0 Å². The molecule has 0 aromatic rings. The monoisotopic (exact) mass is 1030 g/mol. The van der Waals surface area contributed by atoms with E-state index in [9.17, 15) is 25.2 Å². The van der Waals surface area contributed by atoms with Gasteiger partial charge >= 0.3 is 0 Å². The molecule has 0 aliphatic heterocycles. The molecule has 434 valence electrons. The summed E-state index contributed by atoms with van der Waals surface area (Å²) in [4.78, 5) is 12.6. The third kappa shape index (κ3) is 55.4. The number of carbonyl (C=O) groups excluding carboxylic acids is 1. The van der Waals surface area contributed by atoms with Crippen LogP contribution in [0.3, 0.4) is 0 Å². The van der Waals surface area contributed by atoms with Gasteiger partial charge in [0.15, 0.2) is 0 Å². The van der Waals surface area contributed by atoms with Gasteiger partial charge in [0.1, 0.15) is 12.2 Å². The number of hydrogen-bond donors (Lipinski definition) is 5. The summed E-state index contributed by atoms with van der Waals surface area (Å²) in [6, 6.07) is -1.01. The third-order valence-corrected chi connectivity index (χ3v) is 15.9. The summed E-state index contributed by atoms with van der Waals surface area (Å²) in [6.45, 7) is 4.09. The summed E-state index contributed by atoms with van der Waals surface area (Å²) in [5.41, 5.74) is 0. The molecule has 0 bridgehead atoms. The molecular formula is C67H131NO5. The van der Waals surface area contributed by atoms with Crippen molar-refractivity contribution in [3.8, 4) is 0 Å². The molecule has 4 unspecified atom stereocenters. The van der Waals surface area contributed by atoms with E-state index in [-0.39, 0.29) is 0 Å². The molecule has 0 rings (SSSR count). The van der Waals surface area contributed by atoms with Gasteiger partial charge in [-0.1, -0.05) is 340 Å². The number of aliphatic hydroxyl groups is 4. The fraction of sp³-hybridized carbons (Fsp3) is 0.925. The van der Waals surface area contributed by atoms with Gasteiger partial charge in [0.25, 0.3) is 0 Å². The molecule has 0 spiro atoms. The number of hydrogen-bond acceptors (Lipinski definition) is 5. The number of allylic oxidation sites excluding steroid dienone is 4. The van der Waals surface area contributed by atoms with Crippen molar-refractivity contribution in [2.75, 3.05) is 6.61 Å². The minimum atomic E-state index is -1.29. The normalized spacial score (nSPS) is 13.7. The summed E-state index contributed by atoms with van der Waals surface area (Å²) in [7, 11) is 0. The molecule has 0 radical (unpaired) electrons. The standard InChI is InChI=1S/C67H131NO5/c1-3-5-7-9-11-13-15-17-19-21-23-25-27-28-29-30-31-32-33-34-35-36-37-39-41-43-45-47-49-51-53-55-57-59-61-65(71)67(73)68-63(62-69)66(72)64(70)60-58-56-54-52-50-48-46-44-42-40-38-26-24-22-20-18-16-14-12-10-8-6-4-2/h44,46,52,54,63-66,69-72H,3-43,45,47-51,53,55-62H2,1-2H3,(H,68,73)/b46-44+,54-52+. The first-order chi connectivity index (χ1) is 36.0. The molecule has 0 saturated heterocycles. The first-order valence-electron chi connectivity index (χ1n) is 33.2. The van der Waals surface area contributed by atoms with E-state index < -0.39 is 36.9 Å². The molecule has 0 saturated carbocycles. The molecule has 0 aliphatic carbocycles. The summed E-state index contributed by atoms with van der Waals surface area (Å²) in [5.74, 6) is -0.590. The largest absolute Gasteiger partial charge is 0.394 e. The summed E-state index contributed by atoms with van der Waals surface area (Å²) < 4.78 is 0. The van der Waals surface area contributed by atoms with Crippen LogP contribution in [-0.4, -0.2) is 57.3 Å². The molecule has 0 fully saturated rings. The van der Waals surface area contributed by atoms with E-state index in [1.54, 1.807) is 0 Å². The Morgan fingerprint density at radius 2 is 0.575 bits per heavy atom. The Morgan fingerprint density at radius 1 is 0.329 bits per heavy atom. The smallest absolute Gasteiger partial charge is 0.249 e. The van der Waals surface area contributed by atoms with Crippen LogP contribution in [0, 0.1) is 0 Å². The SMILES string of the molecule is CCCCCCCCCCCCCCCC/C=C/CC/C=C/CCCC(O)C(O)C(CO)NC(=O)C(O)CCCCCCCCCCCCCCCCCCCCCCCCCCCCCCCCCCCC. The van der Waals surface area contributed by atoms with Crippen molar-refractivity contribution in [2.24, 2.45) is 0 Å². The first kappa shape index (κ1) is 71.8. The van der Waals surface area contributed by atoms with E-state index >= 15 is 0 Å². The van der Waals surface area contributed by atoms with Crippen LogP contribution in [0.15, 0.2) is 24.3 Å². The van der Waals surface area contributed by atoms with Crippen LogP contribution in [0.1, 0.15) is 367 Å². The highest BCUT2D eigenvalue weighted by Crippen LogP contribution is 2.19. The molecule has 73 heavy (non-hydrogen) atoms. The topological polar surface area (TPSA) is 110 Å². The Kier molecular flexibility index (Phi) is 60.6. The van der Waals surface area contributed by atoms with E-state index in [2.05, 4.69) is 43.5 Å². The maximum Gasteiger partial charge on any atom is 0.249 e. The molecule has 0 aromatic heterocycles. The van der Waals surface area contributed by atoms with Gasteiger partial charge in [0.05, 0.1) is 18.8 Å². The van der Waals surface area contributed by atoms with Crippen LogP contribution in [0.25, 0.3) is 0 Å². The minimum absolute atomic E-state index is 0.365. The minimum Gasteiger partial charge on any atom is -0.394 e. The zero-order chi connectivity index (χ0) is 53.0. The molecule has 5 N–H and O–H groups in total. The zero-order valence-electron chi connectivity index (χ0n) is 49.4. The number of rotatable bonds is 62. The zero-order valence-corrected chi connectivity index (χ0v) is 49.4. The van der Waals surface area contributed by atoms with Crippen molar-refractivity contribution < 1.29 is 25.2 Å². The average molecular weight is 1030 g/mol. The van der Waals surface area contributed by atoms with Gasteiger partial charge in [-0.2, -0.15) is 0 Å². The van der Waals surface area contributed by atoms with Crippen molar-refractivity contribution in [3.63, 3.8) is 0 Å². The Balaban J connectivity index is 3.56. The first-order valence-corrected chi connectivity index (χ1v) is 33.2. The molecule has 4 atom stereocenters. The fourth-order valence-electron chi connectivity index (χ4n) is 10.7. The van der Waals surface area contributed by atoms with Crippen LogP contribution >= 0.6 is 0 Å². The molecule has 0 aromatic carbocycles. The Bertz CT molecular complexity index is 1110. The number of amides is 1. The second-order valence-corrected chi connectivity index (χ2v) is 23.2. The maximum atomic E-state index is 12.6. The van der Waals surface area contributed by atoms with E-state index in [0.717, 1.165) is 38.5 Å². The molecule has 0 heterocycles. The van der Waals surface area contributed by atoms with Gasteiger partial charge in [-0.3, -0.25) is 4.79 Å². The molecular weight excluding hydrogens is 899 g/mol. The van der Waals surface area contributed by atoms with Crippen molar-refractivity contribution in [2.45, 2.75) is 391 Å². The van der Waals surface area contributed by atoms with E-state index in [4.69, 9.17) is 0 Å². The molecule has 1 amide bonds. The highest BCUT2D eigenvalue weighted by molar-refractivity contribution is 5.80. The third-order valence-electron chi connectivity index (χ3n) is 15.9. The predicted molar refractivity (Wildman–Crippen MR) is 321 cm³/mol. The summed E-state index contributed by atoms with van der Waals surface area (Å²) >= 11 is 0. The van der Waals surface area contributed by atoms with Crippen LogP contribution in [-0.2, 0) is 4.79 Å². The summed E-state index contributed by atoms with van der Waals surface area (Å²) in [6.07, 6.45) is 77.3. The Labute approximate surface area is 456 Å². The lowest BCUT2D eigenvalue weighted by Crippen LogP contribution is -2.53. The highest BCUT2D eigenvalue weighted by Gasteiger charge is 2.28. The Morgan fingerprint density at radius 3 is 0.863 bits per heavy atom. The van der Waals surface area contributed by atoms with Crippen LogP contribution in [0.5, 0.6) is 0 Å². The highest BCUT2D eigenvalue weighted by atomic mass is 16.3. The van der Waals surface area contributed by atoms with Crippen molar-refractivity contribution in [1.82, 2.24) is 5.32 Å². The van der Waals surface area contributed by atoms with Gasteiger partial charge < -0.3 is 25.7 Å². The van der Waals surface area contributed by atoms with Gasteiger partial charge in [-0.05, 0) is 51.4 Å². The number of carbonyl (C=O) groups is 1. The lowest BCUT2D eigenvalue weighted by atomic mass is 10.00. The van der Waals surface area contributed by atoms with Gasteiger partial charge in [-0.25, -0.2) is 0 Å². The summed E-state index contributed by atoms with van der Waals surface area (Å²) in [5, 5.41) is 44.1. The van der Waals surface area contributed by atoms with Gasteiger partial charge in [0, 0.05) is 0 Å². The average Bonchev–Trinajstić information content (AvgIpc) is 3.40. The molecule has 6 nitrogen and oxygen atoms in total. The van der Waals surface area contributed by atoms with Crippen LogP contribution < -0.4 is 5.32 Å². The van der Waals surface area contributed by atoms with E-state index in [0.29, 0.717) is 19.3 Å². The van der Waals surface area contributed by atoms with E-state index in [1.165, 1.54) is 295 Å². The van der Waals surface area contributed by atoms with Crippen molar-refractivity contribution in [3.05, 3.63) is 24.3 Å². The van der Waals surface area contributed by atoms with Crippen LogP contribution in [0.4, 0.5) is 0 Å².